The number of rotatable bonds is 1. The Kier molecular flexibility index (Phi) is 1.50. The predicted octanol–water partition coefficient (Wildman–Crippen LogP) is 1.22. The van der Waals surface area contributed by atoms with Crippen LogP contribution in [-0.2, 0) is 9.59 Å². The summed E-state index contributed by atoms with van der Waals surface area (Å²) in [6.45, 7) is 0. The van der Waals surface area contributed by atoms with E-state index in [0.717, 1.165) is 19.3 Å². The molecule has 2 rings (SSSR count). The van der Waals surface area contributed by atoms with E-state index in [2.05, 4.69) is 0 Å². The van der Waals surface area contributed by atoms with E-state index >= 15 is 0 Å². The first-order chi connectivity index (χ1) is 5.67. The Labute approximate surface area is 70.8 Å². The van der Waals surface area contributed by atoms with Gasteiger partial charge in [0.1, 0.15) is 5.78 Å². The molecule has 0 aromatic carbocycles. The third-order valence-electron chi connectivity index (χ3n) is 3.21. The van der Waals surface area contributed by atoms with E-state index in [1.54, 1.807) is 0 Å². The summed E-state index contributed by atoms with van der Waals surface area (Å²) in [6.07, 6.45) is 3.98. The molecule has 1 N–H and O–H groups in total. The molecule has 2 aliphatic carbocycles. The van der Waals surface area contributed by atoms with Crippen LogP contribution in [-0.4, -0.2) is 16.9 Å². The van der Waals surface area contributed by atoms with E-state index in [-0.39, 0.29) is 11.7 Å². The van der Waals surface area contributed by atoms with Gasteiger partial charge in [0.15, 0.2) is 0 Å². The number of hydrogen-bond acceptors (Lipinski definition) is 2. The quantitative estimate of drug-likeness (QED) is 0.640. The van der Waals surface area contributed by atoms with Crippen LogP contribution in [0.25, 0.3) is 0 Å². The van der Waals surface area contributed by atoms with Gasteiger partial charge in [0.25, 0.3) is 0 Å². The van der Waals surface area contributed by atoms with Gasteiger partial charge in [-0.1, -0.05) is 6.42 Å². The summed E-state index contributed by atoms with van der Waals surface area (Å²) in [7, 11) is 0. The number of carboxylic acids is 1. The first-order valence-electron chi connectivity index (χ1n) is 4.43. The molecule has 2 atom stereocenters. The van der Waals surface area contributed by atoms with Crippen LogP contribution >= 0.6 is 0 Å². The van der Waals surface area contributed by atoms with Gasteiger partial charge < -0.3 is 5.11 Å². The van der Waals surface area contributed by atoms with Crippen molar-refractivity contribution in [3.8, 4) is 0 Å². The maximum atomic E-state index is 11.4. The number of carboxylic acid groups (broad SMARTS) is 1. The van der Waals surface area contributed by atoms with Crippen molar-refractivity contribution in [1.29, 1.82) is 0 Å². The number of carbonyl (C=O) groups excluding carboxylic acids is 1. The SMILES string of the molecule is O=C(O)[C@H]1C[C@@]12CCCCC2=O. The Balaban J connectivity index is 2.13. The highest BCUT2D eigenvalue weighted by molar-refractivity contribution is 5.95. The van der Waals surface area contributed by atoms with E-state index in [1.807, 2.05) is 0 Å². The van der Waals surface area contributed by atoms with Gasteiger partial charge in [-0.2, -0.15) is 0 Å². The van der Waals surface area contributed by atoms with Gasteiger partial charge in [-0.25, -0.2) is 0 Å². The van der Waals surface area contributed by atoms with Crippen molar-refractivity contribution in [2.24, 2.45) is 11.3 Å². The minimum atomic E-state index is -0.787. The molecule has 66 valence electrons. The van der Waals surface area contributed by atoms with Crippen LogP contribution in [0.3, 0.4) is 0 Å². The van der Waals surface area contributed by atoms with Gasteiger partial charge in [0.2, 0.25) is 0 Å². The highest BCUT2D eigenvalue weighted by atomic mass is 16.4. The van der Waals surface area contributed by atoms with Crippen molar-refractivity contribution in [3.63, 3.8) is 0 Å². The molecule has 2 saturated carbocycles. The molecule has 0 aromatic rings. The minimum Gasteiger partial charge on any atom is -0.481 e. The molecule has 3 nitrogen and oxygen atoms in total. The highest BCUT2D eigenvalue weighted by Crippen LogP contribution is 2.59. The third-order valence-corrected chi connectivity index (χ3v) is 3.21. The maximum absolute atomic E-state index is 11.4. The normalized spacial score (nSPS) is 40.0. The molecule has 0 aromatic heterocycles. The molecule has 2 aliphatic rings. The summed E-state index contributed by atoms with van der Waals surface area (Å²) in [6, 6.07) is 0. The third kappa shape index (κ3) is 0.886. The van der Waals surface area contributed by atoms with Crippen molar-refractivity contribution < 1.29 is 14.7 Å². The highest BCUT2D eigenvalue weighted by Gasteiger charge is 2.63. The van der Waals surface area contributed by atoms with Crippen LogP contribution in [0, 0.1) is 11.3 Å². The predicted molar refractivity (Wildman–Crippen MR) is 41.7 cm³/mol. The van der Waals surface area contributed by atoms with Crippen molar-refractivity contribution >= 4 is 11.8 Å². The molecule has 0 saturated heterocycles. The van der Waals surface area contributed by atoms with Crippen LogP contribution in [0.5, 0.6) is 0 Å². The lowest BCUT2D eigenvalue weighted by Gasteiger charge is -2.19. The van der Waals surface area contributed by atoms with Gasteiger partial charge in [-0.05, 0) is 19.3 Å². The fourth-order valence-electron chi connectivity index (χ4n) is 2.33. The molecule has 2 fully saturated rings. The molecule has 0 aliphatic heterocycles. The average Bonchev–Trinajstić information content (AvgIpc) is 2.72. The summed E-state index contributed by atoms with van der Waals surface area (Å²) < 4.78 is 0. The smallest absolute Gasteiger partial charge is 0.307 e. The lowest BCUT2D eigenvalue weighted by atomic mass is 9.83. The summed E-state index contributed by atoms with van der Waals surface area (Å²) in [5, 5.41) is 8.74. The molecular weight excluding hydrogens is 156 g/mol. The first kappa shape index (κ1) is 7.77. The minimum absolute atomic E-state index is 0.196. The number of carbonyl (C=O) groups is 2. The van der Waals surface area contributed by atoms with Crippen molar-refractivity contribution in [2.45, 2.75) is 32.1 Å². The zero-order valence-corrected chi connectivity index (χ0v) is 6.88. The molecule has 0 radical (unpaired) electrons. The summed E-state index contributed by atoms with van der Waals surface area (Å²) in [4.78, 5) is 22.1. The summed E-state index contributed by atoms with van der Waals surface area (Å²) in [5.74, 6) is -0.947. The lowest BCUT2D eigenvalue weighted by Crippen LogP contribution is -2.24. The van der Waals surface area contributed by atoms with Crippen LogP contribution in [0.4, 0.5) is 0 Å². The fraction of sp³-hybridized carbons (Fsp3) is 0.778. The zero-order valence-electron chi connectivity index (χ0n) is 6.88. The zero-order chi connectivity index (χ0) is 8.77. The number of ketones is 1. The second kappa shape index (κ2) is 2.31. The Morgan fingerprint density at radius 3 is 2.75 bits per heavy atom. The van der Waals surface area contributed by atoms with Crippen molar-refractivity contribution in [1.82, 2.24) is 0 Å². The first-order valence-corrected chi connectivity index (χ1v) is 4.43. The average molecular weight is 168 g/mol. The lowest BCUT2D eigenvalue weighted by molar-refractivity contribution is -0.142. The van der Waals surface area contributed by atoms with E-state index in [1.165, 1.54) is 0 Å². The van der Waals surface area contributed by atoms with Gasteiger partial charge in [-0.3, -0.25) is 9.59 Å². The Morgan fingerprint density at radius 1 is 1.50 bits per heavy atom. The number of hydrogen-bond donors (Lipinski definition) is 1. The Morgan fingerprint density at radius 2 is 2.25 bits per heavy atom. The van der Waals surface area contributed by atoms with Gasteiger partial charge in [-0.15, -0.1) is 0 Å². The van der Waals surface area contributed by atoms with E-state index in [4.69, 9.17) is 5.11 Å². The molecule has 1 spiro atoms. The van der Waals surface area contributed by atoms with Crippen LogP contribution in [0.1, 0.15) is 32.1 Å². The fourth-order valence-corrected chi connectivity index (χ4v) is 2.33. The Hall–Kier alpha value is -0.860. The van der Waals surface area contributed by atoms with Gasteiger partial charge in [0.05, 0.1) is 5.92 Å². The van der Waals surface area contributed by atoms with Crippen molar-refractivity contribution in [3.05, 3.63) is 0 Å². The number of aliphatic carboxylic acids is 1. The topological polar surface area (TPSA) is 54.4 Å². The monoisotopic (exact) mass is 168 g/mol. The summed E-state index contributed by atoms with van der Waals surface area (Å²) >= 11 is 0. The Bertz CT molecular complexity index is 246. The van der Waals surface area contributed by atoms with Crippen LogP contribution in [0.2, 0.25) is 0 Å². The van der Waals surface area contributed by atoms with E-state index < -0.39 is 11.4 Å². The van der Waals surface area contributed by atoms with Crippen LogP contribution in [0.15, 0.2) is 0 Å². The molecule has 0 unspecified atom stereocenters. The second-order valence-corrected chi connectivity index (χ2v) is 3.88. The van der Waals surface area contributed by atoms with E-state index in [9.17, 15) is 9.59 Å². The van der Waals surface area contributed by atoms with Crippen LogP contribution < -0.4 is 0 Å². The second-order valence-electron chi connectivity index (χ2n) is 3.88. The standard InChI is InChI=1S/C9H12O3/c10-7-3-1-2-4-9(7)5-6(9)8(11)12/h6H,1-5H2,(H,11,12)/t6-,9+/m1/s1. The van der Waals surface area contributed by atoms with E-state index in [0.29, 0.717) is 12.8 Å². The van der Waals surface area contributed by atoms with Crippen molar-refractivity contribution in [2.75, 3.05) is 0 Å². The molecule has 0 bridgehead atoms. The summed E-state index contributed by atoms with van der Waals surface area (Å²) in [5.41, 5.74) is -0.413. The molecule has 3 heteroatoms. The molecular formula is C9H12O3. The number of Topliss-reactive ketones (excluding diaryl/α,β-unsaturated/α-hetero) is 1. The molecule has 0 amide bonds. The maximum Gasteiger partial charge on any atom is 0.307 e. The molecule has 0 heterocycles. The molecule has 12 heavy (non-hydrogen) atoms. The van der Waals surface area contributed by atoms with Gasteiger partial charge >= 0.3 is 5.97 Å². The largest absolute Gasteiger partial charge is 0.481 e. The van der Waals surface area contributed by atoms with Gasteiger partial charge in [0, 0.05) is 11.8 Å².